The lowest BCUT2D eigenvalue weighted by Gasteiger charge is -2.09. The summed E-state index contributed by atoms with van der Waals surface area (Å²) in [6, 6.07) is 0. The highest BCUT2D eigenvalue weighted by Crippen LogP contribution is 2.35. The van der Waals surface area contributed by atoms with Gasteiger partial charge in [0.1, 0.15) is 0 Å². The van der Waals surface area contributed by atoms with E-state index in [9.17, 15) is 0 Å². The van der Waals surface area contributed by atoms with Crippen molar-refractivity contribution in [2.75, 3.05) is 13.1 Å². The van der Waals surface area contributed by atoms with Crippen LogP contribution in [-0.2, 0) is 0 Å². The molecule has 1 heteroatoms. The summed E-state index contributed by atoms with van der Waals surface area (Å²) in [5, 5.41) is 3.44. The normalized spacial score (nSPS) is 19.7. The van der Waals surface area contributed by atoms with E-state index in [-0.39, 0.29) is 0 Å². The van der Waals surface area contributed by atoms with Crippen LogP contribution in [0.5, 0.6) is 0 Å². The van der Waals surface area contributed by atoms with Gasteiger partial charge >= 0.3 is 0 Å². The molecule has 1 aliphatic carbocycles. The summed E-state index contributed by atoms with van der Waals surface area (Å²) in [4.78, 5) is 0. The van der Waals surface area contributed by atoms with Crippen LogP contribution < -0.4 is 5.32 Å². The molecule has 1 fully saturated rings. The van der Waals surface area contributed by atoms with Crippen molar-refractivity contribution in [3.05, 3.63) is 12.7 Å². The Hall–Kier alpha value is -0.300. The van der Waals surface area contributed by atoms with Gasteiger partial charge in [0.2, 0.25) is 0 Å². The first-order valence-corrected chi connectivity index (χ1v) is 4.66. The van der Waals surface area contributed by atoms with Crippen molar-refractivity contribution in [2.45, 2.75) is 26.2 Å². The molecular formula is C10H19N. The van der Waals surface area contributed by atoms with Crippen LogP contribution in [0.3, 0.4) is 0 Å². The van der Waals surface area contributed by atoms with Crippen molar-refractivity contribution >= 4 is 0 Å². The molecular weight excluding hydrogens is 134 g/mol. The third-order valence-electron chi connectivity index (χ3n) is 2.42. The van der Waals surface area contributed by atoms with Crippen molar-refractivity contribution in [3.63, 3.8) is 0 Å². The summed E-state index contributed by atoms with van der Waals surface area (Å²) in [5.74, 6) is 1.92. The number of nitrogens with one attached hydrogen (secondary N) is 1. The van der Waals surface area contributed by atoms with Gasteiger partial charge in [0, 0.05) is 0 Å². The molecule has 0 heterocycles. The van der Waals surface area contributed by atoms with E-state index in [0.29, 0.717) is 0 Å². The van der Waals surface area contributed by atoms with Gasteiger partial charge in [0.05, 0.1) is 0 Å². The smallest absolute Gasteiger partial charge is 0.00143 e. The lowest BCUT2D eigenvalue weighted by atomic mass is 10.1. The molecule has 0 saturated heterocycles. The third kappa shape index (κ3) is 3.57. The molecule has 0 bridgehead atoms. The fourth-order valence-corrected chi connectivity index (χ4v) is 1.37. The van der Waals surface area contributed by atoms with Crippen LogP contribution in [0.1, 0.15) is 26.2 Å². The SMILES string of the molecule is C=CCCNCC(C)C1CC1. The Morgan fingerprint density at radius 1 is 1.64 bits per heavy atom. The van der Waals surface area contributed by atoms with Crippen LogP contribution in [0, 0.1) is 11.8 Å². The maximum atomic E-state index is 3.68. The van der Waals surface area contributed by atoms with Crippen LogP contribution in [0.15, 0.2) is 12.7 Å². The fraction of sp³-hybridized carbons (Fsp3) is 0.800. The highest BCUT2D eigenvalue weighted by molar-refractivity contribution is 4.80. The Balaban J connectivity index is 1.88. The molecule has 1 atom stereocenters. The Morgan fingerprint density at radius 3 is 2.91 bits per heavy atom. The maximum absolute atomic E-state index is 3.68. The molecule has 0 aromatic rings. The predicted octanol–water partition coefficient (Wildman–Crippen LogP) is 2.20. The van der Waals surface area contributed by atoms with Crippen LogP contribution in [0.4, 0.5) is 0 Å². The average Bonchev–Trinajstić information content (AvgIpc) is 2.79. The largest absolute Gasteiger partial charge is 0.316 e. The van der Waals surface area contributed by atoms with E-state index in [4.69, 9.17) is 0 Å². The van der Waals surface area contributed by atoms with Gasteiger partial charge in [-0.1, -0.05) is 13.0 Å². The molecule has 0 amide bonds. The standard InChI is InChI=1S/C10H19N/c1-3-4-7-11-8-9(2)10-5-6-10/h3,9-11H,1,4-8H2,2H3. The van der Waals surface area contributed by atoms with Crippen LogP contribution >= 0.6 is 0 Å². The van der Waals surface area contributed by atoms with Gasteiger partial charge in [-0.25, -0.2) is 0 Å². The predicted molar refractivity (Wildman–Crippen MR) is 49.6 cm³/mol. The van der Waals surface area contributed by atoms with E-state index in [1.54, 1.807) is 0 Å². The van der Waals surface area contributed by atoms with Gasteiger partial charge in [-0.2, -0.15) is 0 Å². The molecule has 1 rings (SSSR count). The average molecular weight is 153 g/mol. The Bertz CT molecular complexity index is 116. The first-order valence-electron chi connectivity index (χ1n) is 4.66. The summed E-state index contributed by atoms with van der Waals surface area (Å²) < 4.78 is 0. The zero-order chi connectivity index (χ0) is 8.10. The Labute approximate surface area is 69.9 Å². The molecule has 0 radical (unpaired) electrons. The second kappa shape index (κ2) is 4.55. The summed E-state index contributed by atoms with van der Waals surface area (Å²) in [6.45, 7) is 8.32. The van der Waals surface area contributed by atoms with Crippen molar-refractivity contribution < 1.29 is 0 Å². The molecule has 1 N–H and O–H groups in total. The minimum atomic E-state index is 0.889. The lowest BCUT2D eigenvalue weighted by Crippen LogP contribution is -2.22. The van der Waals surface area contributed by atoms with Crippen LogP contribution in [0.2, 0.25) is 0 Å². The van der Waals surface area contributed by atoms with Gasteiger partial charge in [-0.3, -0.25) is 0 Å². The van der Waals surface area contributed by atoms with Crippen molar-refractivity contribution in [3.8, 4) is 0 Å². The Kier molecular flexibility index (Phi) is 3.64. The molecule has 64 valence electrons. The quantitative estimate of drug-likeness (QED) is 0.455. The van der Waals surface area contributed by atoms with Gasteiger partial charge < -0.3 is 5.32 Å². The highest BCUT2D eigenvalue weighted by Gasteiger charge is 2.26. The van der Waals surface area contributed by atoms with Crippen molar-refractivity contribution in [1.29, 1.82) is 0 Å². The second-order valence-electron chi connectivity index (χ2n) is 3.60. The minimum absolute atomic E-state index is 0.889. The second-order valence-corrected chi connectivity index (χ2v) is 3.60. The monoisotopic (exact) mass is 153 g/mol. The molecule has 0 aliphatic heterocycles. The van der Waals surface area contributed by atoms with E-state index >= 15 is 0 Å². The molecule has 1 saturated carbocycles. The molecule has 0 spiro atoms. The van der Waals surface area contributed by atoms with Gasteiger partial charge in [0.15, 0.2) is 0 Å². The topological polar surface area (TPSA) is 12.0 Å². The molecule has 1 nitrogen and oxygen atoms in total. The molecule has 1 aliphatic rings. The summed E-state index contributed by atoms with van der Waals surface area (Å²) in [6.07, 6.45) is 5.99. The van der Waals surface area contributed by atoms with Crippen LogP contribution in [-0.4, -0.2) is 13.1 Å². The van der Waals surface area contributed by atoms with E-state index in [0.717, 1.165) is 24.8 Å². The maximum Gasteiger partial charge on any atom is -0.00143 e. The van der Waals surface area contributed by atoms with E-state index in [1.165, 1.54) is 19.4 Å². The number of rotatable bonds is 6. The highest BCUT2D eigenvalue weighted by atomic mass is 14.9. The minimum Gasteiger partial charge on any atom is -0.316 e. The van der Waals surface area contributed by atoms with Crippen molar-refractivity contribution in [1.82, 2.24) is 5.32 Å². The fourth-order valence-electron chi connectivity index (χ4n) is 1.37. The van der Waals surface area contributed by atoms with Crippen molar-refractivity contribution in [2.24, 2.45) is 11.8 Å². The zero-order valence-electron chi connectivity index (χ0n) is 7.47. The number of hydrogen-bond acceptors (Lipinski definition) is 1. The summed E-state index contributed by atoms with van der Waals surface area (Å²) in [7, 11) is 0. The van der Waals surface area contributed by atoms with Gasteiger partial charge in [-0.15, -0.1) is 6.58 Å². The lowest BCUT2D eigenvalue weighted by molar-refractivity contribution is 0.465. The summed E-state index contributed by atoms with van der Waals surface area (Å²) >= 11 is 0. The molecule has 0 aromatic carbocycles. The van der Waals surface area contributed by atoms with E-state index in [1.807, 2.05) is 6.08 Å². The molecule has 0 aromatic heterocycles. The van der Waals surface area contributed by atoms with Gasteiger partial charge in [-0.05, 0) is 44.2 Å². The first-order chi connectivity index (χ1) is 5.34. The molecule has 1 unspecified atom stereocenters. The van der Waals surface area contributed by atoms with E-state index in [2.05, 4.69) is 18.8 Å². The zero-order valence-corrected chi connectivity index (χ0v) is 7.47. The Morgan fingerprint density at radius 2 is 2.36 bits per heavy atom. The third-order valence-corrected chi connectivity index (χ3v) is 2.42. The summed E-state index contributed by atoms with van der Waals surface area (Å²) in [5.41, 5.74) is 0. The first kappa shape index (κ1) is 8.79. The molecule has 11 heavy (non-hydrogen) atoms. The number of hydrogen-bond donors (Lipinski definition) is 1. The van der Waals surface area contributed by atoms with E-state index < -0.39 is 0 Å². The van der Waals surface area contributed by atoms with Crippen LogP contribution in [0.25, 0.3) is 0 Å². The van der Waals surface area contributed by atoms with Gasteiger partial charge in [0.25, 0.3) is 0 Å².